The van der Waals surface area contributed by atoms with E-state index in [4.69, 9.17) is 11.5 Å². The summed E-state index contributed by atoms with van der Waals surface area (Å²) in [6.07, 6.45) is 0. The average Bonchev–Trinajstić information content (AvgIpc) is 2.56. The highest BCUT2D eigenvalue weighted by Crippen LogP contribution is 2.17. The van der Waals surface area contributed by atoms with Crippen molar-refractivity contribution in [2.24, 2.45) is 11.5 Å². The minimum Gasteiger partial charge on any atom is -0.364 e. The van der Waals surface area contributed by atoms with Crippen LogP contribution in [0.2, 0.25) is 0 Å². The first-order valence-electron chi connectivity index (χ1n) is 4.23. The lowest BCUT2D eigenvalue weighted by Gasteiger charge is -2.01. The van der Waals surface area contributed by atoms with Gasteiger partial charge in [-0.3, -0.25) is 9.36 Å². The molecule has 1 aromatic heterocycles. The van der Waals surface area contributed by atoms with E-state index in [2.05, 4.69) is 6.07 Å². The van der Waals surface area contributed by atoms with Crippen molar-refractivity contribution in [2.45, 2.75) is 0 Å². The summed E-state index contributed by atoms with van der Waals surface area (Å²) >= 11 is 0. The molecule has 5 nitrogen and oxygen atoms in total. The van der Waals surface area contributed by atoms with Crippen molar-refractivity contribution in [1.29, 1.82) is 0 Å². The molecule has 5 heteroatoms. The van der Waals surface area contributed by atoms with Crippen LogP contribution in [0.5, 0.6) is 0 Å². The highest BCUT2D eigenvalue weighted by Gasteiger charge is 2.16. The number of rotatable bonds is 1. The van der Waals surface area contributed by atoms with Crippen LogP contribution in [0.4, 0.5) is 4.79 Å². The smallest absolute Gasteiger partial charge is 0.324 e. The Kier molecular flexibility index (Phi) is 1.93. The summed E-state index contributed by atoms with van der Waals surface area (Å²) in [7, 11) is 0. The Morgan fingerprint density at radius 1 is 1.20 bits per heavy atom. The minimum atomic E-state index is -0.749. The second-order valence-corrected chi connectivity index (χ2v) is 3.03. The molecule has 15 heavy (non-hydrogen) atoms. The number of primary amides is 2. The Morgan fingerprint density at radius 3 is 2.47 bits per heavy atom. The fourth-order valence-corrected chi connectivity index (χ4v) is 1.48. The van der Waals surface area contributed by atoms with Crippen LogP contribution in [-0.4, -0.2) is 16.5 Å². The summed E-state index contributed by atoms with van der Waals surface area (Å²) in [6, 6.07) is 8.89. The van der Waals surface area contributed by atoms with Gasteiger partial charge in [0.05, 0.1) is 5.52 Å². The third kappa shape index (κ3) is 1.34. The van der Waals surface area contributed by atoms with Crippen LogP contribution in [0.3, 0.4) is 0 Å². The number of fused-ring (bicyclic) bond motifs is 1. The molecule has 2 rings (SSSR count). The zero-order chi connectivity index (χ0) is 11.0. The predicted molar refractivity (Wildman–Crippen MR) is 54.3 cm³/mol. The molecular weight excluding hydrogens is 194 g/mol. The monoisotopic (exact) mass is 202 g/mol. The molecule has 2 aromatic rings. The maximum Gasteiger partial charge on any atom is 0.324 e. The van der Waals surface area contributed by atoms with E-state index in [0.29, 0.717) is 10.9 Å². The Morgan fingerprint density at radius 2 is 1.87 bits per heavy atom. The van der Waals surface area contributed by atoms with E-state index in [0.717, 1.165) is 4.57 Å². The van der Waals surface area contributed by atoms with Gasteiger partial charge in [-0.25, -0.2) is 4.79 Å². The zero-order valence-electron chi connectivity index (χ0n) is 7.73. The average molecular weight is 202 g/mol. The molecule has 1 radical (unpaired) electrons. The first-order chi connectivity index (χ1) is 7.11. The van der Waals surface area contributed by atoms with Crippen LogP contribution < -0.4 is 11.5 Å². The van der Waals surface area contributed by atoms with Gasteiger partial charge in [-0.05, 0) is 6.07 Å². The van der Waals surface area contributed by atoms with Crippen molar-refractivity contribution >= 4 is 22.8 Å². The number of para-hydroxylation sites is 1. The van der Waals surface area contributed by atoms with Gasteiger partial charge in [-0.2, -0.15) is 0 Å². The molecule has 0 fully saturated rings. The second-order valence-electron chi connectivity index (χ2n) is 3.03. The zero-order valence-corrected chi connectivity index (χ0v) is 7.73. The lowest BCUT2D eigenvalue weighted by molar-refractivity contribution is 0.0992. The summed E-state index contributed by atoms with van der Waals surface area (Å²) < 4.78 is 1.05. The fraction of sp³-hybridized carbons (Fsp3) is 0. The molecule has 0 atom stereocenters. The van der Waals surface area contributed by atoms with Gasteiger partial charge in [0.25, 0.3) is 5.91 Å². The molecule has 0 bridgehead atoms. The number of amides is 2. The van der Waals surface area contributed by atoms with Crippen molar-refractivity contribution in [3.8, 4) is 0 Å². The topological polar surface area (TPSA) is 91.1 Å². The van der Waals surface area contributed by atoms with Crippen LogP contribution in [0.25, 0.3) is 10.9 Å². The van der Waals surface area contributed by atoms with Crippen LogP contribution in [0, 0.1) is 6.07 Å². The maximum absolute atomic E-state index is 11.2. The Bertz CT molecular complexity index is 557. The van der Waals surface area contributed by atoms with Gasteiger partial charge in [-0.15, -0.1) is 0 Å². The van der Waals surface area contributed by atoms with E-state index in [1.807, 2.05) is 0 Å². The van der Waals surface area contributed by atoms with Crippen molar-refractivity contribution in [3.05, 3.63) is 36.0 Å². The standard InChI is InChI=1S/C10H8N3O2/c11-9(14)8-5-6-3-1-2-4-7(6)13(8)10(12)15/h1-4H,(H2,11,14)(H2,12,15). The van der Waals surface area contributed by atoms with E-state index in [1.165, 1.54) is 0 Å². The molecule has 0 aliphatic heterocycles. The van der Waals surface area contributed by atoms with E-state index in [1.54, 1.807) is 24.3 Å². The summed E-state index contributed by atoms with van der Waals surface area (Å²) in [4.78, 5) is 22.2. The van der Waals surface area contributed by atoms with E-state index >= 15 is 0 Å². The van der Waals surface area contributed by atoms with Crippen molar-refractivity contribution < 1.29 is 9.59 Å². The van der Waals surface area contributed by atoms with Gasteiger partial charge in [0.15, 0.2) is 0 Å². The summed E-state index contributed by atoms with van der Waals surface area (Å²) in [6.45, 7) is 0. The quantitative estimate of drug-likeness (QED) is 0.703. The molecule has 0 saturated carbocycles. The summed E-state index contributed by atoms with van der Waals surface area (Å²) in [5, 5.41) is 0.630. The van der Waals surface area contributed by atoms with Crippen molar-refractivity contribution in [1.82, 2.24) is 4.57 Å². The Balaban J connectivity index is 2.86. The van der Waals surface area contributed by atoms with Crippen LogP contribution in [-0.2, 0) is 0 Å². The van der Waals surface area contributed by atoms with Crippen molar-refractivity contribution in [3.63, 3.8) is 0 Å². The van der Waals surface area contributed by atoms with Crippen LogP contribution in [0.15, 0.2) is 24.3 Å². The predicted octanol–water partition coefficient (Wildman–Crippen LogP) is 0.467. The largest absolute Gasteiger partial charge is 0.364 e. The molecule has 0 spiro atoms. The lowest BCUT2D eigenvalue weighted by atomic mass is 10.2. The SMILES string of the molecule is NC(=O)c1[c]c2ccccc2n1C(N)=O. The molecule has 0 aliphatic carbocycles. The third-order valence-electron chi connectivity index (χ3n) is 2.08. The maximum atomic E-state index is 11.2. The number of nitrogens with zero attached hydrogens (tertiary/aromatic N) is 1. The normalized spacial score (nSPS) is 10.4. The van der Waals surface area contributed by atoms with E-state index in [-0.39, 0.29) is 5.69 Å². The number of benzene rings is 1. The van der Waals surface area contributed by atoms with E-state index < -0.39 is 11.9 Å². The van der Waals surface area contributed by atoms with Gasteiger partial charge < -0.3 is 11.5 Å². The fourth-order valence-electron chi connectivity index (χ4n) is 1.48. The minimum absolute atomic E-state index is 0.0244. The Labute approximate surface area is 85.3 Å². The first kappa shape index (κ1) is 9.26. The number of carbonyl (C=O) groups excluding carboxylic acids is 2. The molecule has 0 unspecified atom stereocenters. The number of carbonyl (C=O) groups is 2. The molecule has 75 valence electrons. The van der Waals surface area contributed by atoms with Crippen LogP contribution >= 0.6 is 0 Å². The van der Waals surface area contributed by atoms with E-state index in [9.17, 15) is 9.59 Å². The number of nitrogens with two attached hydrogens (primary N) is 2. The molecular formula is C10H8N3O2. The number of hydrogen-bond donors (Lipinski definition) is 2. The number of hydrogen-bond acceptors (Lipinski definition) is 2. The molecule has 2 amide bonds. The van der Waals surface area contributed by atoms with Crippen LogP contribution in [0.1, 0.15) is 10.5 Å². The first-order valence-corrected chi connectivity index (χ1v) is 4.23. The summed E-state index contributed by atoms with van der Waals surface area (Å²) in [5.41, 5.74) is 10.8. The highest BCUT2D eigenvalue weighted by atomic mass is 16.2. The van der Waals surface area contributed by atoms with Gasteiger partial charge in [0, 0.05) is 11.5 Å². The molecule has 4 N–H and O–H groups in total. The highest BCUT2D eigenvalue weighted by molar-refractivity contribution is 6.03. The number of aromatic nitrogens is 1. The molecule has 1 aromatic carbocycles. The summed E-state index contributed by atoms with van der Waals surface area (Å²) in [5.74, 6) is -0.731. The second kappa shape index (κ2) is 3.13. The molecule has 1 heterocycles. The Hall–Kier alpha value is -2.30. The van der Waals surface area contributed by atoms with Crippen molar-refractivity contribution in [2.75, 3.05) is 0 Å². The lowest BCUT2D eigenvalue weighted by Crippen LogP contribution is -2.26. The van der Waals surface area contributed by atoms with Gasteiger partial charge in [-0.1, -0.05) is 18.2 Å². The molecule has 0 saturated heterocycles. The molecule has 0 aliphatic rings. The third-order valence-corrected chi connectivity index (χ3v) is 2.08. The van der Waals surface area contributed by atoms with Gasteiger partial charge in [0.1, 0.15) is 5.69 Å². The van der Waals surface area contributed by atoms with Gasteiger partial charge >= 0.3 is 6.03 Å². The van der Waals surface area contributed by atoms with Gasteiger partial charge in [0.2, 0.25) is 0 Å².